The highest BCUT2D eigenvalue weighted by Gasteiger charge is 2.53. The number of anilines is 8. The minimum Gasteiger partial charge on any atom is -0.299 e. The summed E-state index contributed by atoms with van der Waals surface area (Å²) in [4.78, 5) is 46.8. The lowest BCUT2D eigenvalue weighted by molar-refractivity contribution is 0.539. The number of fused-ring (bicyclic) bond motifs is 2. The summed E-state index contributed by atoms with van der Waals surface area (Å²) in [5.41, 5.74) is 12.3. The number of aromatic nitrogens is 8. The number of hydrogen-bond donors (Lipinski definition) is 0. The molecule has 0 unspecified atom stereocenters. The van der Waals surface area contributed by atoms with Gasteiger partial charge in [0.1, 0.15) is 48.6 Å². The first-order valence-electron chi connectivity index (χ1n) is 21.6. The average molecular weight is 855 g/mol. The van der Waals surface area contributed by atoms with Gasteiger partial charge in [0.15, 0.2) is 12.3 Å². The molecule has 2 aliphatic rings. The maximum atomic E-state index is 5.01. The molecular formula is C54H38N12. The Bertz CT molecular complexity index is 2820. The van der Waals surface area contributed by atoms with Gasteiger partial charge in [-0.3, -0.25) is 19.6 Å². The molecule has 314 valence electrons. The molecule has 0 spiro atoms. The zero-order chi connectivity index (χ0) is 43.8. The molecule has 0 saturated heterocycles. The quantitative estimate of drug-likeness (QED) is 0.138. The van der Waals surface area contributed by atoms with Crippen molar-refractivity contribution < 1.29 is 0 Å². The van der Waals surface area contributed by atoms with Gasteiger partial charge in [0.05, 0.1) is 22.7 Å². The van der Waals surface area contributed by atoms with Gasteiger partial charge in [-0.15, -0.1) is 0 Å². The Morgan fingerprint density at radius 3 is 0.697 bits per heavy atom. The third-order valence-electron chi connectivity index (χ3n) is 12.2. The summed E-state index contributed by atoms with van der Waals surface area (Å²) < 4.78 is 0. The van der Waals surface area contributed by atoms with Crippen LogP contribution in [0.2, 0.25) is 0 Å². The zero-order valence-electron chi connectivity index (χ0n) is 35.3. The van der Waals surface area contributed by atoms with Crippen LogP contribution in [0.3, 0.4) is 0 Å². The fourth-order valence-electron chi connectivity index (χ4n) is 9.43. The molecule has 0 atom stereocenters. The van der Waals surface area contributed by atoms with Crippen LogP contribution in [-0.4, -0.2) is 52.2 Å². The largest absolute Gasteiger partial charge is 0.299 e. The van der Waals surface area contributed by atoms with E-state index in [0.717, 1.165) is 67.3 Å². The van der Waals surface area contributed by atoms with Crippen molar-refractivity contribution in [1.29, 1.82) is 0 Å². The Labute approximate surface area is 380 Å². The molecule has 0 N–H and O–H groups in total. The molecule has 2 aliphatic heterocycles. The third-order valence-corrected chi connectivity index (χ3v) is 12.2. The van der Waals surface area contributed by atoms with Crippen molar-refractivity contribution in [3.63, 3.8) is 0 Å². The molecule has 6 heterocycles. The Hall–Kier alpha value is -9.16. The summed E-state index contributed by atoms with van der Waals surface area (Å²) in [5.74, 6) is 2.76. The van der Waals surface area contributed by atoms with Gasteiger partial charge in [-0.1, -0.05) is 121 Å². The summed E-state index contributed by atoms with van der Waals surface area (Å²) in [6.07, 6.45) is 12.3. The fraction of sp³-hybridized carbons (Fsp3) is 0.0370. The highest BCUT2D eigenvalue weighted by Crippen LogP contribution is 2.58. The van der Waals surface area contributed by atoms with E-state index in [9.17, 15) is 0 Å². The maximum absolute atomic E-state index is 5.01. The molecule has 4 aromatic heterocycles. The van der Waals surface area contributed by atoms with Crippen molar-refractivity contribution in [2.24, 2.45) is 0 Å². The van der Waals surface area contributed by atoms with Gasteiger partial charge in [0, 0.05) is 24.8 Å². The van der Waals surface area contributed by atoms with Gasteiger partial charge in [0.2, 0.25) is 0 Å². The minimum atomic E-state index is -0.614. The van der Waals surface area contributed by atoms with Crippen LogP contribution in [0.25, 0.3) is 44.5 Å². The first kappa shape index (κ1) is 38.5. The number of rotatable bonds is 9. The molecule has 12 heteroatoms. The second-order valence-corrected chi connectivity index (χ2v) is 15.8. The Morgan fingerprint density at radius 2 is 0.500 bits per heavy atom. The topological polar surface area (TPSA) is 116 Å². The normalized spacial score (nSPS) is 13.5. The van der Waals surface area contributed by atoms with E-state index in [2.05, 4.69) is 161 Å². The second kappa shape index (κ2) is 16.5. The van der Waals surface area contributed by atoms with E-state index in [1.807, 2.05) is 48.5 Å². The summed E-state index contributed by atoms with van der Waals surface area (Å²) in [6.45, 7) is 0. The molecule has 0 amide bonds. The summed E-state index contributed by atoms with van der Waals surface area (Å²) in [5, 5.41) is 0. The van der Waals surface area contributed by atoms with Gasteiger partial charge in [0.25, 0.3) is 0 Å². The van der Waals surface area contributed by atoms with E-state index in [1.165, 1.54) is 0 Å². The van der Waals surface area contributed by atoms with Crippen LogP contribution in [-0.2, 0) is 0 Å². The van der Waals surface area contributed by atoms with Crippen molar-refractivity contribution >= 4 is 46.0 Å². The van der Waals surface area contributed by atoms with Crippen LogP contribution in [0.15, 0.2) is 220 Å². The van der Waals surface area contributed by atoms with E-state index in [0.29, 0.717) is 23.3 Å². The highest BCUT2D eigenvalue weighted by molar-refractivity contribution is 6.01. The van der Waals surface area contributed by atoms with Crippen LogP contribution in [0.4, 0.5) is 46.0 Å². The van der Waals surface area contributed by atoms with Crippen molar-refractivity contribution in [1.82, 2.24) is 39.9 Å². The van der Waals surface area contributed by atoms with Gasteiger partial charge in [-0.05, 0) is 93.0 Å². The van der Waals surface area contributed by atoms with Crippen LogP contribution < -0.4 is 19.6 Å². The standard InChI is InChI=1S/C54H38N12/c1-5-13-37(14-6-1)41-29-45-46(30-42(41)38-15-7-2-8-16-38)64(50-22-26-56-34-60-50)53(63(45)49-21-25-55-33-59-49)54-65(51-23-27-57-35-61-51)47-31-43(39-17-9-3-10-18-39)44(40-19-11-4-12-20-40)32-48(47)66(54)52-24-28-58-36-62-52/h1-36,53-54H. The van der Waals surface area contributed by atoms with E-state index in [1.54, 1.807) is 50.1 Å². The zero-order valence-corrected chi connectivity index (χ0v) is 35.3. The van der Waals surface area contributed by atoms with Crippen molar-refractivity contribution in [2.75, 3.05) is 19.6 Å². The lowest BCUT2D eigenvalue weighted by Gasteiger charge is -2.43. The van der Waals surface area contributed by atoms with Crippen LogP contribution >= 0.6 is 0 Å². The number of hydrogen-bond acceptors (Lipinski definition) is 12. The van der Waals surface area contributed by atoms with Crippen LogP contribution in [0, 0.1) is 0 Å². The molecule has 66 heavy (non-hydrogen) atoms. The van der Waals surface area contributed by atoms with E-state index in [-0.39, 0.29) is 0 Å². The molecule has 12 rings (SSSR count). The summed E-state index contributed by atoms with van der Waals surface area (Å²) in [7, 11) is 0. The smallest absolute Gasteiger partial charge is 0.154 e. The monoisotopic (exact) mass is 854 g/mol. The van der Waals surface area contributed by atoms with Gasteiger partial charge < -0.3 is 0 Å². The summed E-state index contributed by atoms with van der Waals surface area (Å²) in [6, 6.07) is 59.1. The summed E-state index contributed by atoms with van der Waals surface area (Å²) >= 11 is 0. The van der Waals surface area contributed by atoms with Crippen molar-refractivity contribution in [3.8, 4) is 44.5 Å². The third kappa shape index (κ3) is 6.63. The molecule has 6 aromatic carbocycles. The predicted octanol–water partition coefficient (Wildman–Crippen LogP) is 11.4. The van der Waals surface area contributed by atoms with Gasteiger partial charge in [-0.25, -0.2) is 39.9 Å². The number of benzene rings is 6. The minimum absolute atomic E-state index is 0.614. The molecule has 0 saturated carbocycles. The van der Waals surface area contributed by atoms with Gasteiger partial charge in [-0.2, -0.15) is 0 Å². The first-order chi connectivity index (χ1) is 32.8. The second-order valence-electron chi connectivity index (χ2n) is 15.8. The lowest BCUT2D eigenvalue weighted by atomic mass is 9.93. The molecule has 0 radical (unpaired) electrons. The van der Waals surface area contributed by atoms with E-state index in [4.69, 9.17) is 19.9 Å². The average Bonchev–Trinajstić information content (AvgIpc) is 3.92. The fourth-order valence-corrected chi connectivity index (χ4v) is 9.43. The maximum Gasteiger partial charge on any atom is 0.154 e. The lowest BCUT2D eigenvalue weighted by Crippen LogP contribution is -2.58. The predicted molar refractivity (Wildman–Crippen MR) is 259 cm³/mol. The first-order valence-corrected chi connectivity index (χ1v) is 21.6. The highest BCUT2D eigenvalue weighted by atomic mass is 15.6. The van der Waals surface area contributed by atoms with Crippen LogP contribution in [0.5, 0.6) is 0 Å². The SMILES string of the molecule is c1ccc(-c2cc3c(cc2-c2ccccc2)N(c2ccncn2)C(C2N(c4ccncn4)c4cc(-c5ccccc5)c(-c5ccccc5)cc4N2c2ccncn2)N3c2ccncn2)cc1. The molecule has 10 aromatic rings. The van der Waals surface area contributed by atoms with E-state index < -0.39 is 12.3 Å². The Balaban J connectivity index is 1.19. The van der Waals surface area contributed by atoms with E-state index >= 15 is 0 Å². The number of nitrogens with zero attached hydrogens (tertiary/aromatic N) is 12. The molecule has 0 fully saturated rings. The van der Waals surface area contributed by atoms with Gasteiger partial charge >= 0.3 is 0 Å². The van der Waals surface area contributed by atoms with Crippen LogP contribution in [0.1, 0.15) is 0 Å². The molecule has 0 bridgehead atoms. The van der Waals surface area contributed by atoms with Crippen molar-refractivity contribution in [2.45, 2.75) is 12.3 Å². The molecule has 12 nitrogen and oxygen atoms in total. The molecular weight excluding hydrogens is 817 g/mol. The molecule has 0 aliphatic carbocycles. The Kier molecular flexibility index (Phi) is 9.64. The Morgan fingerprint density at radius 1 is 0.273 bits per heavy atom. The van der Waals surface area contributed by atoms with Crippen molar-refractivity contribution in [3.05, 3.63) is 220 Å².